The highest BCUT2D eigenvalue weighted by molar-refractivity contribution is 5.81. The number of hydrogen-bond acceptors (Lipinski definition) is 7. The van der Waals surface area contributed by atoms with Crippen LogP contribution in [0.5, 0.6) is 11.6 Å². The summed E-state index contributed by atoms with van der Waals surface area (Å²) in [4.78, 5) is 45.4. The van der Waals surface area contributed by atoms with Crippen LogP contribution in [0.3, 0.4) is 0 Å². The van der Waals surface area contributed by atoms with Crippen LogP contribution in [0.4, 0.5) is 0 Å². The molecule has 32 heavy (non-hydrogen) atoms. The van der Waals surface area contributed by atoms with E-state index in [9.17, 15) is 19.5 Å². The van der Waals surface area contributed by atoms with Crippen molar-refractivity contribution in [2.45, 2.75) is 19.3 Å². The van der Waals surface area contributed by atoms with Gasteiger partial charge in [0.1, 0.15) is 11.4 Å². The first-order valence-electron chi connectivity index (χ1n) is 9.82. The number of hydrogen-bond donors (Lipinski definition) is 2. The molecule has 0 bridgehead atoms. The number of nitrogens with one attached hydrogen (secondary N) is 1. The molecule has 0 aliphatic heterocycles. The van der Waals surface area contributed by atoms with E-state index in [1.165, 1.54) is 18.6 Å². The Kier molecular flexibility index (Phi) is 5.40. The second-order valence-electron chi connectivity index (χ2n) is 7.43. The molecule has 4 aromatic rings. The number of ether oxygens (including phenoxy) is 2. The van der Waals surface area contributed by atoms with Gasteiger partial charge < -0.3 is 19.6 Å². The van der Waals surface area contributed by atoms with Crippen molar-refractivity contribution >= 4 is 22.5 Å². The van der Waals surface area contributed by atoms with Crippen LogP contribution in [-0.4, -0.2) is 39.7 Å². The number of nitrogens with zero attached hydrogens (tertiary/aromatic N) is 2. The maximum atomic E-state index is 13.3. The second-order valence-corrected chi connectivity index (χ2v) is 7.43. The van der Waals surface area contributed by atoms with Gasteiger partial charge in [-0.05, 0) is 42.8 Å². The highest BCUT2D eigenvalue weighted by Crippen LogP contribution is 2.31. The van der Waals surface area contributed by atoms with E-state index in [0.29, 0.717) is 16.7 Å². The molecule has 0 spiro atoms. The fraction of sp³-hybridized carbons (Fsp3) is 0.217. The van der Waals surface area contributed by atoms with E-state index in [1.807, 2.05) is 6.92 Å². The average molecular weight is 435 g/mol. The first-order valence-corrected chi connectivity index (χ1v) is 9.82. The van der Waals surface area contributed by atoms with Crippen molar-refractivity contribution in [1.82, 2.24) is 14.4 Å². The maximum Gasteiger partial charge on any atom is 0.306 e. The topological polar surface area (TPSA) is 123 Å². The second kappa shape index (κ2) is 8.18. The van der Waals surface area contributed by atoms with Gasteiger partial charge in [-0.2, -0.15) is 4.98 Å². The fourth-order valence-electron chi connectivity index (χ4n) is 3.76. The molecular formula is C23H21N3O6. The molecule has 1 atom stereocenters. The normalized spacial score (nSPS) is 12.1. The number of methoxy groups -OCH3 is 2. The number of aromatic hydroxyl groups is 1. The van der Waals surface area contributed by atoms with Gasteiger partial charge in [-0.1, -0.05) is 6.07 Å². The van der Waals surface area contributed by atoms with Crippen LogP contribution >= 0.6 is 0 Å². The summed E-state index contributed by atoms with van der Waals surface area (Å²) in [6, 6.07) is 10.1. The highest BCUT2D eigenvalue weighted by atomic mass is 16.5. The van der Waals surface area contributed by atoms with Gasteiger partial charge in [0.15, 0.2) is 0 Å². The van der Waals surface area contributed by atoms with Gasteiger partial charge in [0.25, 0.3) is 11.1 Å². The Balaban J connectivity index is 2.01. The standard InChI is InChI=1S/C23H21N3O6/c1-12-4-7-18-25-22(29)20(23(30)26(18)11-12)15(10-19(27)32-3)16-9-13-8-14(31-2)5-6-17(13)24-21(16)28/h4-9,11,15,29H,10H2,1-3H3,(H,24,28)/t15-/m1/s1. The SMILES string of the molecule is COC(=O)C[C@H](c1cc2cc(OC)ccc2[nH]c1=O)c1c(O)nc2ccc(C)cn2c1=O. The Morgan fingerprint density at radius 3 is 2.69 bits per heavy atom. The highest BCUT2D eigenvalue weighted by Gasteiger charge is 2.29. The zero-order valence-corrected chi connectivity index (χ0v) is 17.7. The third-order valence-corrected chi connectivity index (χ3v) is 5.39. The lowest BCUT2D eigenvalue weighted by Gasteiger charge is -2.18. The van der Waals surface area contributed by atoms with Crippen molar-refractivity contribution in [3.05, 3.63) is 80.0 Å². The third kappa shape index (κ3) is 3.68. The van der Waals surface area contributed by atoms with Crippen LogP contribution in [0.2, 0.25) is 0 Å². The molecule has 3 aromatic heterocycles. The molecule has 0 radical (unpaired) electrons. The van der Waals surface area contributed by atoms with Crippen LogP contribution < -0.4 is 15.9 Å². The van der Waals surface area contributed by atoms with Crippen molar-refractivity contribution in [3.8, 4) is 11.6 Å². The Morgan fingerprint density at radius 2 is 1.97 bits per heavy atom. The van der Waals surface area contributed by atoms with Crippen LogP contribution in [0, 0.1) is 6.92 Å². The molecule has 4 rings (SSSR count). The number of H-pyrrole nitrogens is 1. The lowest BCUT2D eigenvalue weighted by atomic mass is 9.89. The van der Waals surface area contributed by atoms with Crippen molar-refractivity contribution in [3.63, 3.8) is 0 Å². The third-order valence-electron chi connectivity index (χ3n) is 5.39. The Morgan fingerprint density at radius 1 is 1.19 bits per heavy atom. The first kappa shape index (κ1) is 21.1. The smallest absolute Gasteiger partial charge is 0.306 e. The molecule has 9 nitrogen and oxygen atoms in total. The van der Waals surface area contributed by atoms with Crippen LogP contribution in [0.15, 0.2) is 52.2 Å². The number of rotatable bonds is 5. The van der Waals surface area contributed by atoms with Crippen molar-refractivity contribution in [2.75, 3.05) is 14.2 Å². The number of aromatic nitrogens is 3. The van der Waals surface area contributed by atoms with Gasteiger partial charge in [0, 0.05) is 28.6 Å². The van der Waals surface area contributed by atoms with Gasteiger partial charge in [0.05, 0.1) is 26.2 Å². The molecule has 0 saturated carbocycles. The monoisotopic (exact) mass is 435 g/mol. The van der Waals surface area contributed by atoms with Gasteiger partial charge >= 0.3 is 5.97 Å². The number of esters is 1. The van der Waals surface area contributed by atoms with Gasteiger partial charge in [-0.15, -0.1) is 0 Å². The predicted octanol–water partition coefficient (Wildman–Crippen LogP) is 2.25. The minimum atomic E-state index is -1.08. The summed E-state index contributed by atoms with van der Waals surface area (Å²) in [5.74, 6) is -1.70. The molecule has 1 aromatic carbocycles. The predicted molar refractivity (Wildman–Crippen MR) is 117 cm³/mol. The summed E-state index contributed by atoms with van der Waals surface area (Å²) in [5, 5.41) is 11.3. The van der Waals surface area contributed by atoms with E-state index in [-0.39, 0.29) is 23.2 Å². The van der Waals surface area contributed by atoms with E-state index >= 15 is 0 Å². The summed E-state index contributed by atoms with van der Waals surface area (Å²) in [5.41, 5.74) is 0.503. The molecule has 0 fully saturated rings. The number of pyridine rings is 2. The first-order chi connectivity index (χ1) is 15.3. The quantitative estimate of drug-likeness (QED) is 0.461. The Labute approximate surface area is 181 Å². The van der Waals surface area contributed by atoms with Crippen molar-refractivity contribution < 1.29 is 19.4 Å². The number of fused-ring (bicyclic) bond motifs is 2. The summed E-state index contributed by atoms with van der Waals surface area (Å²) in [6.07, 6.45) is 1.25. The zero-order valence-electron chi connectivity index (χ0n) is 17.7. The van der Waals surface area contributed by atoms with Gasteiger partial charge in [-0.3, -0.25) is 18.8 Å². The number of carbonyl (C=O) groups excluding carboxylic acids is 1. The van der Waals surface area contributed by atoms with Crippen LogP contribution in [-0.2, 0) is 9.53 Å². The number of aryl methyl sites for hydroxylation is 1. The lowest BCUT2D eigenvalue weighted by Crippen LogP contribution is -2.28. The lowest BCUT2D eigenvalue weighted by molar-refractivity contribution is -0.140. The molecule has 0 saturated heterocycles. The fourth-order valence-corrected chi connectivity index (χ4v) is 3.76. The minimum Gasteiger partial charge on any atom is -0.497 e. The summed E-state index contributed by atoms with van der Waals surface area (Å²) >= 11 is 0. The van der Waals surface area contributed by atoms with Crippen molar-refractivity contribution in [1.29, 1.82) is 0 Å². The molecule has 2 N–H and O–H groups in total. The molecular weight excluding hydrogens is 414 g/mol. The van der Waals surface area contributed by atoms with Gasteiger partial charge in [0.2, 0.25) is 5.88 Å². The summed E-state index contributed by atoms with van der Waals surface area (Å²) in [6.45, 7) is 1.81. The van der Waals surface area contributed by atoms with Gasteiger partial charge in [-0.25, -0.2) is 0 Å². The van der Waals surface area contributed by atoms with Crippen molar-refractivity contribution in [2.24, 2.45) is 0 Å². The molecule has 0 aliphatic rings. The summed E-state index contributed by atoms with van der Waals surface area (Å²) < 4.78 is 11.3. The van der Waals surface area contributed by atoms with E-state index in [0.717, 1.165) is 5.56 Å². The number of aromatic amines is 1. The van der Waals surface area contributed by atoms with Crippen LogP contribution in [0.25, 0.3) is 16.6 Å². The average Bonchev–Trinajstić information content (AvgIpc) is 2.78. The Bertz CT molecular complexity index is 1470. The molecule has 0 unspecified atom stereocenters. The molecule has 9 heteroatoms. The van der Waals surface area contributed by atoms with Crippen LogP contribution in [0.1, 0.15) is 29.0 Å². The number of benzene rings is 1. The molecule has 3 heterocycles. The maximum absolute atomic E-state index is 13.3. The van der Waals surface area contributed by atoms with E-state index in [2.05, 4.69) is 9.97 Å². The minimum absolute atomic E-state index is 0.123. The molecule has 0 aliphatic carbocycles. The number of carbonyl (C=O) groups is 1. The molecule has 0 amide bonds. The Hall–Kier alpha value is -4.14. The summed E-state index contributed by atoms with van der Waals surface area (Å²) in [7, 11) is 2.74. The molecule has 164 valence electrons. The largest absolute Gasteiger partial charge is 0.497 e. The van der Waals surface area contributed by atoms with E-state index in [4.69, 9.17) is 9.47 Å². The zero-order chi connectivity index (χ0) is 23.0. The van der Waals surface area contributed by atoms with E-state index in [1.54, 1.807) is 42.6 Å². The van der Waals surface area contributed by atoms with E-state index < -0.39 is 28.9 Å².